The van der Waals surface area contributed by atoms with E-state index in [9.17, 15) is 0 Å². The molecule has 3 nitrogen and oxygen atoms in total. The molecule has 1 aromatic rings. The Hall–Kier alpha value is -1.09. The van der Waals surface area contributed by atoms with Crippen LogP contribution in [0.3, 0.4) is 0 Å². The van der Waals surface area contributed by atoms with Gasteiger partial charge in [0.25, 0.3) is 0 Å². The molecule has 1 unspecified atom stereocenters. The van der Waals surface area contributed by atoms with Crippen LogP contribution in [0.2, 0.25) is 0 Å². The molecule has 14 heavy (non-hydrogen) atoms. The highest BCUT2D eigenvalue weighted by Gasteiger charge is 2.05. The van der Waals surface area contributed by atoms with E-state index < -0.39 is 0 Å². The molecule has 0 amide bonds. The van der Waals surface area contributed by atoms with Gasteiger partial charge in [-0.05, 0) is 25.1 Å². The molecule has 0 aliphatic carbocycles. The molecule has 78 valence electrons. The largest absolute Gasteiger partial charge is 0.492 e. The van der Waals surface area contributed by atoms with E-state index in [2.05, 4.69) is 11.9 Å². The molecule has 1 rings (SSSR count). The van der Waals surface area contributed by atoms with Gasteiger partial charge in [0.05, 0.1) is 12.8 Å². The highest BCUT2D eigenvalue weighted by atomic mass is 16.5. The first-order valence-electron chi connectivity index (χ1n) is 5.09. The highest BCUT2D eigenvalue weighted by Crippen LogP contribution is 2.10. The standard InChI is InChI=1S/C11H18N2O/c1-2-4-10(7-12)9-14-11-5-3-6-13-8-11/h3,5-6,8,10H,2,4,7,9,12H2,1H3. The summed E-state index contributed by atoms with van der Waals surface area (Å²) < 4.78 is 5.57. The SMILES string of the molecule is CCCC(CN)COc1cccnc1. The molecule has 2 N–H and O–H groups in total. The second kappa shape index (κ2) is 6.38. The molecule has 0 bridgehead atoms. The van der Waals surface area contributed by atoms with E-state index in [1.807, 2.05) is 12.1 Å². The van der Waals surface area contributed by atoms with Crippen molar-refractivity contribution in [3.63, 3.8) is 0 Å². The fourth-order valence-electron chi connectivity index (χ4n) is 1.32. The van der Waals surface area contributed by atoms with Gasteiger partial charge in [-0.15, -0.1) is 0 Å². The van der Waals surface area contributed by atoms with Crippen LogP contribution in [0.4, 0.5) is 0 Å². The van der Waals surface area contributed by atoms with Crippen molar-refractivity contribution in [3.8, 4) is 5.75 Å². The van der Waals surface area contributed by atoms with Crippen molar-refractivity contribution in [1.82, 2.24) is 4.98 Å². The van der Waals surface area contributed by atoms with E-state index in [0.717, 1.165) is 18.6 Å². The molecule has 0 aromatic carbocycles. The van der Waals surface area contributed by atoms with Crippen LogP contribution < -0.4 is 10.5 Å². The van der Waals surface area contributed by atoms with Gasteiger partial charge in [-0.25, -0.2) is 0 Å². The van der Waals surface area contributed by atoms with E-state index >= 15 is 0 Å². The van der Waals surface area contributed by atoms with Gasteiger partial charge in [0.15, 0.2) is 0 Å². The number of ether oxygens (including phenoxy) is 1. The number of hydrogen-bond acceptors (Lipinski definition) is 3. The Morgan fingerprint density at radius 2 is 2.43 bits per heavy atom. The van der Waals surface area contributed by atoms with E-state index in [4.69, 9.17) is 10.5 Å². The third-order valence-corrected chi connectivity index (χ3v) is 2.15. The van der Waals surface area contributed by atoms with Crippen LogP contribution in [0.25, 0.3) is 0 Å². The Labute approximate surface area is 85.3 Å². The number of hydrogen-bond donors (Lipinski definition) is 1. The summed E-state index contributed by atoms with van der Waals surface area (Å²) in [4.78, 5) is 3.98. The van der Waals surface area contributed by atoms with Gasteiger partial charge in [0.1, 0.15) is 5.75 Å². The van der Waals surface area contributed by atoms with Gasteiger partial charge in [0.2, 0.25) is 0 Å². The van der Waals surface area contributed by atoms with Crippen LogP contribution in [0.5, 0.6) is 5.75 Å². The van der Waals surface area contributed by atoms with Crippen molar-refractivity contribution in [3.05, 3.63) is 24.5 Å². The molecule has 0 saturated heterocycles. The molecule has 0 aliphatic heterocycles. The van der Waals surface area contributed by atoms with Gasteiger partial charge in [0, 0.05) is 12.1 Å². The number of pyridine rings is 1. The van der Waals surface area contributed by atoms with Crippen LogP contribution in [0.15, 0.2) is 24.5 Å². The Kier molecular flexibility index (Phi) is 5.00. The molecule has 0 fully saturated rings. The van der Waals surface area contributed by atoms with E-state index in [-0.39, 0.29) is 0 Å². The Morgan fingerprint density at radius 3 is 3.00 bits per heavy atom. The zero-order chi connectivity index (χ0) is 10.2. The molecule has 0 aliphatic rings. The van der Waals surface area contributed by atoms with Crippen LogP contribution in [0, 0.1) is 5.92 Å². The van der Waals surface area contributed by atoms with Gasteiger partial charge in [-0.1, -0.05) is 13.3 Å². The number of rotatable bonds is 6. The first-order valence-corrected chi connectivity index (χ1v) is 5.09. The molecular weight excluding hydrogens is 176 g/mol. The minimum absolute atomic E-state index is 0.459. The first-order chi connectivity index (χ1) is 6.86. The summed E-state index contributed by atoms with van der Waals surface area (Å²) in [6.07, 6.45) is 5.73. The minimum Gasteiger partial charge on any atom is -0.492 e. The van der Waals surface area contributed by atoms with Crippen molar-refractivity contribution >= 4 is 0 Å². The molecule has 0 spiro atoms. The van der Waals surface area contributed by atoms with Crippen LogP contribution in [-0.4, -0.2) is 18.1 Å². The summed E-state index contributed by atoms with van der Waals surface area (Å²) in [5.41, 5.74) is 5.63. The predicted octanol–water partition coefficient (Wildman–Crippen LogP) is 1.84. The van der Waals surface area contributed by atoms with E-state index in [1.165, 1.54) is 0 Å². The predicted molar refractivity (Wildman–Crippen MR) is 57.2 cm³/mol. The maximum Gasteiger partial charge on any atom is 0.137 e. The Morgan fingerprint density at radius 1 is 1.57 bits per heavy atom. The number of nitrogens with zero attached hydrogens (tertiary/aromatic N) is 1. The zero-order valence-electron chi connectivity index (χ0n) is 8.65. The van der Waals surface area contributed by atoms with Crippen molar-refractivity contribution in [1.29, 1.82) is 0 Å². The first kappa shape index (κ1) is 11.0. The fourth-order valence-corrected chi connectivity index (χ4v) is 1.32. The van der Waals surface area contributed by atoms with E-state index in [0.29, 0.717) is 19.1 Å². The summed E-state index contributed by atoms with van der Waals surface area (Å²) in [7, 11) is 0. The molecule has 0 saturated carbocycles. The van der Waals surface area contributed by atoms with E-state index in [1.54, 1.807) is 12.4 Å². The fraction of sp³-hybridized carbons (Fsp3) is 0.545. The lowest BCUT2D eigenvalue weighted by atomic mass is 10.1. The average Bonchev–Trinajstić information content (AvgIpc) is 2.25. The van der Waals surface area contributed by atoms with Crippen molar-refractivity contribution < 1.29 is 4.74 Å². The molecule has 3 heteroatoms. The van der Waals surface area contributed by atoms with Gasteiger partial charge >= 0.3 is 0 Å². The summed E-state index contributed by atoms with van der Waals surface area (Å²) in [6.45, 7) is 3.54. The van der Waals surface area contributed by atoms with Crippen molar-refractivity contribution in [2.75, 3.05) is 13.2 Å². The smallest absolute Gasteiger partial charge is 0.137 e. The van der Waals surface area contributed by atoms with Crippen LogP contribution in [0.1, 0.15) is 19.8 Å². The maximum atomic E-state index is 5.63. The van der Waals surface area contributed by atoms with Gasteiger partial charge < -0.3 is 10.5 Å². The maximum absolute atomic E-state index is 5.63. The average molecular weight is 194 g/mol. The second-order valence-corrected chi connectivity index (χ2v) is 3.39. The Bertz CT molecular complexity index is 238. The number of nitrogens with two attached hydrogens (primary N) is 1. The minimum atomic E-state index is 0.459. The normalized spacial score (nSPS) is 12.4. The van der Waals surface area contributed by atoms with Crippen LogP contribution >= 0.6 is 0 Å². The molecular formula is C11H18N2O. The lowest BCUT2D eigenvalue weighted by Crippen LogP contribution is -2.21. The van der Waals surface area contributed by atoms with Crippen LogP contribution in [-0.2, 0) is 0 Å². The zero-order valence-corrected chi connectivity index (χ0v) is 8.65. The lowest BCUT2D eigenvalue weighted by Gasteiger charge is -2.14. The summed E-state index contributed by atoms with van der Waals surface area (Å²) >= 11 is 0. The molecule has 1 heterocycles. The number of aromatic nitrogens is 1. The van der Waals surface area contributed by atoms with Gasteiger partial charge in [-0.2, -0.15) is 0 Å². The molecule has 1 atom stereocenters. The third-order valence-electron chi connectivity index (χ3n) is 2.15. The molecule has 1 aromatic heterocycles. The summed E-state index contributed by atoms with van der Waals surface area (Å²) in [5.74, 6) is 1.28. The second-order valence-electron chi connectivity index (χ2n) is 3.39. The topological polar surface area (TPSA) is 48.1 Å². The third kappa shape index (κ3) is 3.75. The van der Waals surface area contributed by atoms with Gasteiger partial charge in [-0.3, -0.25) is 4.98 Å². The summed E-state index contributed by atoms with van der Waals surface area (Å²) in [6, 6.07) is 3.78. The van der Waals surface area contributed by atoms with Crippen molar-refractivity contribution in [2.45, 2.75) is 19.8 Å². The Balaban J connectivity index is 2.32. The summed E-state index contributed by atoms with van der Waals surface area (Å²) in [5, 5.41) is 0. The van der Waals surface area contributed by atoms with Crippen molar-refractivity contribution in [2.24, 2.45) is 11.7 Å². The molecule has 0 radical (unpaired) electrons. The quantitative estimate of drug-likeness (QED) is 0.751. The monoisotopic (exact) mass is 194 g/mol. The lowest BCUT2D eigenvalue weighted by molar-refractivity contribution is 0.243. The highest BCUT2D eigenvalue weighted by molar-refractivity contribution is 5.15.